The van der Waals surface area contributed by atoms with Gasteiger partial charge in [0.15, 0.2) is 5.52 Å². The van der Waals surface area contributed by atoms with Gasteiger partial charge < -0.3 is 4.57 Å². The van der Waals surface area contributed by atoms with E-state index < -0.39 is 7.14 Å². The van der Waals surface area contributed by atoms with Crippen LogP contribution in [0.5, 0.6) is 0 Å². The first kappa shape index (κ1) is 14.7. The Morgan fingerprint density at radius 3 is 2.00 bits per heavy atom. The van der Waals surface area contributed by atoms with E-state index in [9.17, 15) is 9.36 Å². The Bertz CT molecular complexity index is 679. The maximum Gasteiger partial charge on any atom is 0.196 e. The molecule has 0 aliphatic heterocycles. The van der Waals surface area contributed by atoms with Crippen molar-refractivity contribution in [3.05, 3.63) is 71.4 Å². The average Bonchev–Trinajstić information content (AvgIpc) is 2.38. The van der Waals surface area contributed by atoms with Crippen LogP contribution in [0.15, 0.2) is 42.5 Å². The fourth-order valence-electron chi connectivity index (χ4n) is 2.48. The lowest BCUT2D eigenvalue weighted by molar-refractivity contribution is 0.107. The van der Waals surface area contributed by atoms with Crippen LogP contribution in [0.3, 0.4) is 0 Å². The highest BCUT2D eigenvalue weighted by molar-refractivity contribution is 7.88. The van der Waals surface area contributed by atoms with Crippen LogP contribution in [0.1, 0.15) is 27.0 Å². The molecule has 2 aromatic carbocycles. The van der Waals surface area contributed by atoms with Crippen molar-refractivity contribution in [3.63, 3.8) is 0 Å². The van der Waals surface area contributed by atoms with Crippen molar-refractivity contribution in [2.45, 2.75) is 20.8 Å². The molecule has 0 spiro atoms. The lowest BCUT2D eigenvalue weighted by Crippen LogP contribution is -2.13. The van der Waals surface area contributed by atoms with Gasteiger partial charge in [0.25, 0.3) is 0 Å². The number of hydrogen-bond donors (Lipinski definition) is 0. The van der Waals surface area contributed by atoms with Gasteiger partial charge in [-0.3, -0.25) is 11.5 Å². The largest absolute Gasteiger partial charge is 0.345 e. The van der Waals surface area contributed by atoms with E-state index in [1.165, 1.54) is 0 Å². The Hall–Kier alpha value is -1.66. The number of carbonyl (C=O) groups excluding carboxylic acids is 1. The van der Waals surface area contributed by atoms with Crippen molar-refractivity contribution in [1.82, 2.24) is 0 Å². The van der Waals surface area contributed by atoms with Crippen LogP contribution in [0.4, 0.5) is 0 Å². The second-order valence-electron chi connectivity index (χ2n) is 5.15. The zero-order chi connectivity index (χ0) is 14.9. The first-order chi connectivity index (χ1) is 9.34. The van der Waals surface area contributed by atoms with E-state index in [0.717, 1.165) is 16.7 Å². The highest BCUT2D eigenvalue weighted by Gasteiger charge is 2.25. The molecule has 0 aromatic heterocycles. The number of aryl methyl sites for hydroxylation is 3. The molecule has 0 aliphatic carbocycles. The van der Waals surface area contributed by atoms with Gasteiger partial charge >= 0.3 is 0 Å². The SMILES string of the molecule is [CH2-]P(=O)(C(=O)c1c(C)cc(C)cc1C)c1ccccc1. The van der Waals surface area contributed by atoms with Crippen LogP contribution >= 0.6 is 7.14 Å². The van der Waals surface area contributed by atoms with Crippen LogP contribution < -0.4 is 5.30 Å². The molecule has 2 aromatic rings. The second kappa shape index (κ2) is 5.38. The van der Waals surface area contributed by atoms with Gasteiger partial charge in [-0.2, -0.15) is 0 Å². The van der Waals surface area contributed by atoms with Crippen molar-refractivity contribution in [2.24, 2.45) is 0 Å². The molecule has 0 aliphatic rings. The number of rotatable bonds is 3. The van der Waals surface area contributed by atoms with Gasteiger partial charge in [-0.25, -0.2) is 0 Å². The molecule has 0 fully saturated rings. The van der Waals surface area contributed by atoms with E-state index in [4.69, 9.17) is 0 Å². The summed E-state index contributed by atoms with van der Waals surface area (Å²) in [6.07, 6.45) is 0. The third kappa shape index (κ3) is 2.62. The van der Waals surface area contributed by atoms with Gasteiger partial charge in [0, 0.05) is 12.7 Å². The Morgan fingerprint density at radius 1 is 1.00 bits per heavy atom. The highest BCUT2D eigenvalue weighted by Crippen LogP contribution is 2.47. The summed E-state index contributed by atoms with van der Waals surface area (Å²) in [6, 6.07) is 12.6. The predicted octanol–water partition coefficient (Wildman–Crippen LogP) is 4.23. The van der Waals surface area contributed by atoms with Crippen molar-refractivity contribution >= 4 is 18.0 Å². The molecule has 20 heavy (non-hydrogen) atoms. The summed E-state index contributed by atoms with van der Waals surface area (Å²) >= 11 is 0. The van der Waals surface area contributed by atoms with E-state index in [2.05, 4.69) is 6.66 Å². The zero-order valence-corrected chi connectivity index (χ0v) is 12.9. The Labute approximate surface area is 120 Å². The predicted molar refractivity (Wildman–Crippen MR) is 84.0 cm³/mol. The zero-order valence-electron chi connectivity index (χ0n) is 12.0. The number of carbonyl (C=O) groups is 1. The summed E-state index contributed by atoms with van der Waals surface area (Å²) in [5.74, 6) is 0. The van der Waals surface area contributed by atoms with Gasteiger partial charge in [0.1, 0.15) is 0 Å². The van der Waals surface area contributed by atoms with Crippen molar-refractivity contribution in [2.75, 3.05) is 0 Å². The molecule has 1 unspecified atom stereocenters. The minimum Gasteiger partial charge on any atom is -0.345 e. The molecule has 104 valence electrons. The van der Waals surface area contributed by atoms with Crippen molar-refractivity contribution < 1.29 is 9.36 Å². The smallest absolute Gasteiger partial charge is 0.196 e. The van der Waals surface area contributed by atoms with Gasteiger partial charge in [-0.1, -0.05) is 48.0 Å². The third-order valence-corrected chi connectivity index (χ3v) is 5.40. The molecule has 2 rings (SSSR count). The van der Waals surface area contributed by atoms with Crippen LogP contribution in [0.25, 0.3) is 0 Å². The van der Waals surface area contributed by atoms with E-state index in [-0.39, 0.29) is 5.52 Å². The third-order valence-electron chi connectivity index (χ3n) is 3.39. The minimum absolute atomic E-state index is 0.362. The molecule has 3 heteroatoms. The summed E-state index contributed by atoms with van der Waals surface area (Å²) in [7, 11) is -3.32. The summed E-state index contributed by atoms with van der Waals surface area (Å²) in [6.45, 7) is 9.46. The Balaban J connectivity index is 2.55. The second-order valence-corrected chi connectivity index (χ2v) is 7.56. The van der Waals surface area contributed by atoms with E-state index in [0.29, 0.717) is 10.9 Å². The lowest BCUT2D eigenvalue weighted by Gasteiger charge is -2.21. The number of hydrogen-bond acceptors (Lipinski definition) is 2. The minimum atomic E-state index is -3.32. The first-order valence-corrected chi connectivity index (χ1v) is 8.36. The first-order valence-electron chi connectivity index (χ1n) is 6.47. The quantitative estimate of drug-likeness (QED) is 0.624. The van der Waals surface area contributed by atoms with Crippen LogP contribution in [0.2, 0.25) is 0 Å². The van der Waals surface area contributed by atoms with Crippen LogP contribution in [-0.4, -0.2) is 5.52 Å². The molecule has 0 heterocycles. The molecule has 0 saturated heterocycles. The fraction of sp³-hybridized carbons (Fsp3) is 0.176. The standard InChI is InChI=1S/C17H18O2P/c1-12-10-13(2)16(14(3)11-12)17(18)20(4,19)15-8-6-5-7-9-15/h5-11H,4H2,1-3H3/q-1. The molecule has 2 nitrogen and oxygen atoms in total. The fourth-order valence-corrected chi connectivity index (χ4v) is 4.09. The maximum atomic E-state index is 12.8. The van der Waals surface area contributed by atoms with Gasteiger partial charge in [0.2, 0.25) is 0 Å². The molecule has 0 amide bonds. The summed E-state index contributed by atoms with van der Waals surface area (Å²) in [4.78, 5) is 12.7. The molecule has 0 N–H and O–H groups in total. The summed E-state index contributed by atoms with van der Waals surface area (Å²) < 4.78 is 12.8. The monoisotopic (exact) mass is 285 g/mol. The molecule has 0 radical (unpaired) electrons. The van der Waals surface area contributed by atoms with Crippen LogP contribution in [-0.2, 0) is 4.57 Å². The Morgan fingerprint density at radius 2 is 1.50 bits per heavy atom. The van der Waals surface area contributed by atoms with Gasteiger partial charge in [0.05, 0.1) is 0 Å². The van der Waals surface area contributed by atoms with Crippen molar-refractivity contribution in [3.8, 4) is 0 Å². The highest BCUT2D eigenvalue weighted by atomic mass is 31.2. The van der Waals surface area contributed by atoms with E-state index in [1.807, 2.05) is 39.0 Å². The van der Waals surface area contributed by atoms with Gasteiger partial charge in [-0.05, 0) is 37.2 Å². The average molecular weight is 285 g/mol. The summed E-state index contributed by atoms with van der Waals surface area (Å²) in [5.41, 5.74) is 2.98. The van der Waals surface area contributed by atoms with Gasteiger partial charge in [-0.15, -0.1) is 0 Å². The topological polar surface area (TPSA) is 34.1 Å². The molecular weight excluding hydrogens is 267 g/mol. The van der Waals surface area contributed by atoms with Crippen molar-refractivity contribution in [1.29, 1.82) is 0 Å². The molecule has 0 saturated carbocycles. The summed E-state index contributed by atoms with van der Waals surface area (Å²) in [5, 5.41) is 0.504. The Kier molecular flexibility index (Phi) is 3.96. The molecule has 0 bridgehead atoms. The van der Waals surface area contributed by atoms with E-state index in [1.54, 1.807) is 24.3 Å². The molecular formula is C17H18O2P-. The normalized spacial score (nSPS) is 13.8. The number of benzene rings is 2. The maximum absolute atomic E-state index is 12.8. The van der Waals surface area contributed by atoms with Crippen LogP contribution in [0, 0.1) is 27.4 Å². The molecule has 1 atom stereocenters. The van der Waals surface area contributed by atoms with E-state index >= 15 is 0 Å². The lowest BCUT2D eigenvalue weighted by atomic mass is 10.0.